The molecule has 0 aliphatic carbocycles. The number of carboxylic acids is 1. The lowest BCUT2D eigenvalue weighted by Crippen LogP contribution is -2.19. The van der Waals surface area contributed by atoms with Crippen LogP contribution in [0.4, 0.5) is 5.69 Å². The van der Waals surface area contributed by atoms with Gasteiger partial charge in [0.15, 0.2) is 0 Å². The Hall–Kier alpha value is -1.75. The van der Waals surface area contributed by atoms with Crippen LogP contribution in [0.15, 0.2) is 39.4 Å². The van der Waals surface area contributed by atoms with E-state index in [0.29, 0.717) is 16.7 Å². The molecule has 0 atom stereocenters. The van der Waals surface area contributed by atoms with Gasteiger partial charge in [-0.05, 0) is 41.1 Å². The minimum Gasteiger partial charge on any atom is -0.478 e. The highest BCUT2D eigenvalue weighted by Crippen LogP contribution is 2.28. The lowest BCUT2D eigenvalue weighted by molar-refractivity contribution is 0.0696. The molecule has 0 saturated carbocycles. The molecule has 1 aromatic heterocycles. The Balaban J connectivity index is 2.34. The van der Waals surface area contributed by atoms with Gasteiger partial charge in [0.1, 0.15) is 5.76 Å². The van der Waals surface area contributed by atoms with Crippen LogP contribution in [0, 0.1) is 6.92 Å². The highest BCUT2D eigenvalue weighted by Gasteiger charge is 2.17. The summed E-state index contributed by atoms with van der Waals surface area (Å²) in [7, 11) is 1.86. The first-order valence-corrected chi connectivity index (χ1v) is 6.56. The second-order valence-electron chi connectivity index (χ2n) is 4.30. The highest BCUT2D eigenvalue weighted by atomic mass is 79.9. The zero-order chi connectivity index (χ0) is 14.0. The number of aromatic carboxylic acids is 1. The van der Waals surface area contributed by atoms with Crippen molar-refractivity contribution in [1.82, 2.24) is 0 Å². The van der Waals surface area contributed by atoms with Crippen molar-refractivity contribution in [3.05, 3.63) is 51.9 Å². The Morgan fingerprint density at radius 1 is 1.42 bits per heavy atom. The summed E-state index contributed by atoms with van der Waals surface area (Å²) >= 11 is 3.28. The third-order valence-corrected chi connectivity index (χ3v) is 3.65. The summed E-state index contributed by atoms with van der Waals surface area (Å²) in [6.07, 6.45) is 1.64. The molecule has 0 unspecified atom stereocenters. The number of anilines is 1. The number of carboxylic acid groups (broad SMARTS) is 1. The maximum absolute atomic E-state index is 11.3. The molecular formula is C14H14BrNO3. The van der Waals surface area contributed by atoms with Crippen LogP contribution in [0.1, 0.15) is 21.7 Å². The van der Waals surface area contributed by atoms with Crippen LogP contribution in [-0.2, 0) is 6.54 Å². The SMILES string of the molecule is Cc1occc1CN(C)c1cccc(Br)c1C(=O)O. The minimum absolute atomic E-state index is 0.270. The molecule has 5 heteroatoms. The van der Waals surface area contributed by atoms with Crippen LogP contribution >= 0.6 is 15.9 Å². The van der Waals surface area contributed by atoms with Gasteiger partial charge < -0.3 is 14.4 Å². The lowest BCUT2D eigenvalue weighted by atomic mass is 10.1. The van der Waals surface area contributed by atoms with E-state index in [1.807, 2.05) is 31.0 Å². The van der Waals surface area contributed by atoms with Gasteiger partial charge in [0.2, 0.25) is 0 Å². The van der Waals surface area contributed by atoms with E-state index in [9.17, 15) is 9.90 Å². The minimum atomic E-state index is -0.946. The maximum atomic E-state index is 11.3. The van der Waals surface area contributed by atoms with E-state index >= 15 is 0 Å². The van der Waals surface area contributed by atoms with E-state index in [0.717, 1.165) is 11.3 Å². The zero-order valence-corrected chi connectivity index (χ0v) is 12.3. The van der Waals surface area contributed by atoms with E-state index < -0.39 is 5.97 Å². The number of hydrogen-bond acceptors (Lipinski definition) is 3. The van der Waals surface area contributed by atoms with Crippen molar-refractivity contribution in [3.8, 4) is 0 Å². The first-order chi connectivity index (χ1) is 9.00. The number of hydrogen-bond donors (Lipinski definition) is 1. The number of furan rings is 1. The zero-order valence-electron chi connectivity index (χ0n) is 10.7. The van der Waals surface area contributed by atoms with Crippen molar-refractivity contribution in [2.24, 2.45) is 0 Å². The van der Waals surface area contributed by atoms with Crippen LogP contribution in [0.3, 0.4) is 0 Å². The molecule has 2 aromatic rings. The molecule has 1 aromatic carbocycles. The number of halogens is 1. The molecule has 0 aliphatic heterocycles. The lowest BCUT2D eigenvalue weighted by Gasteiger charge is -2.21. The molecule has 1 N–H and O–H groups in total. The van der Waals surface area contributed by atoms with Gasteiger partial charge in [-0.25, -0.2) is 4.79 Å². The summed E-state index contributed by atoms with van der Waals surface area (Å²) in [5.74, 6) is -0.100. The van der Waals surface area contributed by atoms with Crippen LogP contribution < -0.4 is 4.90 Å². The van der Waals surface area contributed by atoms with Gasteiger partial charge in [0, 0.05) is 23.6 Å². The van der Waals surface area contributed by atoms with Crippen LogP contribution in [0.5, 0.6) is 0 Å². The molecule has 0 aliphatic rings. The molecule has 19 heavy (non-hydrogen) atoms. The number of benzene rings is 1. The van der Waals surface area contributed by atoms with Gasteiger partial charge in [-0.1, -0.05) is 6.07 Å². The fourth-order valence-electron chi connectivity index (χ4n) is 1.96. The summed E-state index contributed by atoms with van der Waals surface area (Å²) in [5, 5.41) is 9.30. The van der Waals surface area contributed by atoms with E-state index in [2.05, 4.69) is 15.9 Å². The van der Waals surface area contributed by atoms with E-state index in [1.54, 1.807) is 18.4 Å². The van der Waals surface area contributed by atoms with E-state index in [1.165, 1.54) is 0 Å². The van der Waals surface area contributed by atoms with Gasteiger partial charge in [-0.3, -0.25) is 0 Å². The van der Waals surface area contributed by atoms with Crippen molar-refractivity contribution in [2.75, 3.05) is 11.9 Å². The Bertz CT molecular complexity index is 606. The molecule has 0 bridgehead atoms. The predicted molar refractivity (Wildman–Crippen MR) is 76.7 cm³/mol. The number of carbonyl (C=O) groups is 1. The van der Waals surface area contributed by atoms with Gasteiger partial charge in [0.05, 0.1) is 17.5 Å². The molecular weight excluding hydrogens is 310 g/mol. The van der Waals surface area contributed by atoms with E-state index in [-0.39, 0.29) is 5.56 Å². The molecule has 0 radical (unpaired) electrons. The largest absolute Gasteiger partial charge is 0.478 e. The summed E-state index contributed by atoms with van der Waals surface area (Å²) < 4.78 is 5.83. The average Bonchev–Trinajstić information content (AvgIpc) is 2.74. The molecule has 100 valence electrons. The average molecular weight is 324 g/mol. The fourth-order valence-corrected chi connectivity index (χ4v) is 2.48. The highest BCUT2D eigenvalue weighted by molar-refractivity contribution is 9.10. The Kier molecular flexibility index (Phi) is 3.95. The topological polar surface area (TPSA) is 53.7 Å². The Morgan fingerprint density at radius 3 is 2.74 bits per heavy atom. The third-order valence-electron chi connectivity index (χ3n) is 2.99. The Labute approximate surface area is 119 Å². The second-order valence-corrected chi connectivity index (χ2v) is 5.15. The molecule has 0 fully saturated rings. The number of nitrogens with zero attached hydrogens (tertiary/aromatic N) is 1. The summed E-state index contributed by atoms with van der Waals surface area (Å²) in [4.78, 5) is 13.2. The fraction of sp³-hybridized carbons (Fsp3) is 0.214. The summed E-state index contributed by atoms with van der Waals surface area (Å²) in [6, 6.07) is 7.24. The third kappa shape index (κ3) is 2.81. The standard InChI is InChI=1S/C14H14BrNO3/c1-9-10(6-7-19-9)8-16(2)12-5-3-4-11(15)13(12)14(17)18/h3-7H,8H2,1-2H3,(H,17,18). The first-order valence-electron chi connectivity index (χ1n) is 5.76. The van der Waals surface area contributed by atoms with Gasteiger partial charge >= 0.3 is 5.97 Å². The molecule has 0 saturated heterocycles. The van der Waals surface area contributed by atoms with Gasteiger partial charge in [-0.15, -0.1) is 0 Å². The van der Waals surface area contributed by atoms with Crippen LogP contribution in [-0.4, -0.2) is 18.1 Å². The monoisotopic (exact) mass is 323 g/mol. The van der Waals surface area contributed by atoms with Crippen molar-refractivity contribution in [2.45, 2.75) is 13.5 Å². The number of aryl methyl sites for hydroxylation is 1. The van der Waals surface area contributed by atoms with Crippen molar-refractivity contribution >= 4 is 27.6 Å². The molecule has 1 heterocycles. The first kappa shape index (κ1) is 13.7. The van der Waals surface area contributed by atoms with Crippen molar-refractivity contribution in [1.29, 1.82) is 0 Å². The normalized spacial score (nSPS) is 10.5. The quantitative estimate of drug-likeness (QED) is 0.932. The van der Waals surface area contributed by atoms with Crippen LogP contribution in [0.2, 0.25) is 0 Å². The van der Waals surface area contributed by atoms with Crippen molar-refractivity contribution in [3.63, 3.8) is 0 Å². The van der Waals surface area contributed by atoms with E-state index in [4.69, 9.17) is 4.42 Å². The maximum Gasteiger partial charge on any atom is 0.338 e. The molecule has 2 rings (SSSR count). The molecule has 0 spiro atoms. The van der Waals surface area contributed by atoms with Gasteiger partial charge in [0.25, 0.3) is 0 Å². The second kappa shape index (κ2) is 5.48. The van der Waals surface area contributed by atoms with Gasteiger partial charge in [-0.2, -0.15) is 0 Å². The molecule has 0 amide bonds. The Morgan fingerprint density at radius 2 is 2.16 bits per heavy atom. The summed E-state index contributed by atoms with van der Waals surface area (Å²) in [5.41, 5.74) is 1.98. The van der Waals surface area contributed by atoms with Crippen LogP contribution in [0.25, 0.3) is 0 Å². The number of rotatable bonds is 4. The molecule has 4 nitrogen and oxygen atoms in total. The smallest absolute Gasteiger partial charge is 0.338 e. The predicted octanol–water partition coefficient (Wildman–Crippen LogP) is 3.69. The summed E-state index contributed by atoms with van der Waals surface area (Å²) in [6.45, 7) is 2.49. The van der Waals surface area contributed by atoms with Crippen molar-refractivity contribution < 1.29 is 14.3 Å².